The van der Waals surface area contributed by atoms with Crippen molar-refractivity contribution in [1.29, 1.82) is 0 Å². The van der Waals surface area contributed by atoms with Crippen molar-refractivity contribution < 1.29 is 23.1 Å². The number of fused-ring (bicyclic) bond motifs is 1. The minimum atomic E-state index is -0.593. The number of nitrogens with one attached hydrogen (secondary N) is 1. The summed E-state index contributed by atoms with van der Waals surface area (Å²) >= 11 is 0. The zero-order chi connectivity index (χ0) is 28.3. The van der Waals surface area contributed by atoms with E-state index in [2.05, 4.69) is 15.3 Å². The minimum absolute atomic E-state index is 0.00564. The van der Waals surface area contributed by atoms with E-state index in [-0.39, 0.29) is 35.8 Å². The van der Waals surface area contributed by atoms with Gasteiger partial charge in [0, 0.05) is 30.9 Å². The first-order valence-electron chi connectivity index (χ1n) is 13.1. The van der Waals surface area contributed by atoms with Gasteiger partial charge in [-0.15, -0.1) is 0 Å². The maximum absolute atomic E-state index is 14.3. The molecule has 1 aliphatic heterocycles. The van der Waals surface area contributed by atoms with E-state index >= 15 is 0 Å². The maximum atomic E-state index is 14.3. The summed E-state index contributed by atoms with van der Waals surface area (Å²) in [5, 5.41) is 2.80. The third-order valence-electron chi connectivity index (χ3n) is 6.76. The molecule has 2 aromatic carbocycles. The lowest BCUT2D eigenvalue weighted by atomic mass is 9.85. The van der Waals surface area contributed by atoms with Crippen molar-refractivity contribution in [3.05, 3.63) is 113 Å². The van der Waals surface area contributed by atoms with Crippen molar-refractivity contribution in [3.63, 3.8) is 0 Å². The number of nitrogens with zero attached hydrogens (tertiary/aromatic N) is 3. The van der Waals surface area contributed by atoms with Crippen molar-refractivity contribution in [2.24, 2.45) is 5.41 Å². The number of halogens is 1. The number of carbonyl (C=O) groups excluding carboxylic acids is 2. The molecular formula is C31H31FN4O4. The van der Waals surface area contributed by atoms with Crippen LogP contribution in [-0.2, 0) is 24.4 Å². The van der Waals surface area contributed by atoms with Gasteiger partial charge in [0.2, 0.25) is 11.8 Å². The molecule has 4 aromatic rings. The number of oxazole rings is 1. The Hall–Kier alpha value is -4.53. The molecule has 206 valence electrons. The van der Waals surface area contributed by atoms with Gasteiger partial charge in [0.25, 0.3) is 5.91 Å². The summed E-state index contributed by atoms with van der Waals surface area (Å²) in [6, 6.07) is 15.3. The fourth-order valence-electron chi connectivity index (χ4n) is 4.77. The molecule has 2 amide bonds. The van der Waals surface area contributed by atoms with Crippen molar-refractivity contribution in [2.75, 3.05) is 6.54 Å². The van der Waals surface area contributed by atoms with Gasteiger partial charge in [0.05, 0.1) is 6.04 Å². The predicted molar refractivity (Wildman–Crippen MR) is 146 cm³/mol. The molecule has 0 radical (unpaired) electrons. The zero-order valence-corrected chi connectivity index (χ0v) is 22.7. The highest BCUT2D eigenvalue weighted by Crippen LogP contribution is 2.39. The lowest BCUT2D eigenvalue weighted by Gasteiger charge is -2.41. The van der Waals surface area contributed by atoms with Crippen molar-refractivity contribution >= 4 is 11.8 Å². The van der Waals surface area contributed by atoms with Crippen LogP contribution >= 0.6 is 0 Å². The van der Waals surface area contributed by atoms with Gasteiger partial charge in [-0.2, -0.15) is 0 Å². The summed E-state index contributed by atoms with van der Waals surface area (Å²) in [7, 11) is 0. The monoisotopic (exact) mass is 542 g/mol. The highest BCUT2D eigenvalue weighted by Gasteiger charge is 2.37. The average molecular weight is 543 g/mol. The summed E-state index contributed by atoms with van der Waals surface area (Å²) in [6.07, 6.45) is 5.30. The first-order valence-corrected chi connectivity index (χ1v) is 13.1. The number of pyridine rings is 1. The van der Waals surface area contributed by atoms with Gasteiger partial charge in [-0.1, -0.05) is 39.0 Å². The van der Waals surface area contributed by atoms with Gasteiger partial charge in [-0.05, 0) is 65.1 Å². The Morgan fingerprint density at radius 3 is 2.67 bits per heavy atom. The topological polar surface area (TPSA) is 97.6 Å². The third kappa shape index (κ3) is 6.03. The van der Waals surface area contributed by atoms with Crippen molar-refractivity contribution in [3.8, 4) is 5.75 Å². The van der Waals surface area contributed by atoms with Crippen LogP contribution in [0.3, 0.4) is 0 Å². The molecule has 5 rings (SSSR count). The smallest absolute Gasteiger partial charge is 0.273 e. The maximum Gasteiger partial charge on any atom is 0.273 e. The molecule has 1 N–H and O–H groups in total. The van der Waals surface area contributed by atoms with E-state index in [9.17, 15) is 14.0 Å². The highest BCUT2D eigenvalue weighted by atomic mass is 19.1. The number of hydrogen-bond donors (Lipinski definition) is 1. The number of carbonyl (C=O) groups is 2. The molecule has 9 heteroatoms. The SMILES string of the molecule is CC(C)(C)C(=O)N1CCc2ccc(OCc3nc(C(=O)NCc4ccncc4)co3)cc2[C@H]1c1cccc(F)c1. The van der Waals surface area contributed by atoms with E-state index in [0.717, 1.165) is 16.7 Å². The van der Waals surface area contributed by atoms with E-state index in [0.29, 0.717) is 30.8 Å². The standard InChI is InChI=1S/C31H31FN4O4/c1-31(2,3)30(38)36-14-11-21-7-8-24(16-25(21)28(36)22-5-4-6-23(32)15-22)39-19-27-35-26(18-40-27)29(37)34-17-20-9-12-33-13-10-20/h4-10,12-13,15-16,18,28H,11,14,17,19H2,1-3H3,(H,34,37)/t28-/m1/s1. The van der Waals surface area contributed by atoms with Gasteiger partial charge in [0.15, 0.2) is 12.3 Å². The summed E-state index contributed by atoms with van der Waals surface area (Å²) in [4.78, 5) is 35.9. The predicted octanol–water partition coefficient (Wildman–Crippen LogP) is 5.24. The average Bonchev–Trinajstić information content (AvgIpc) is 3.43. The van der Waals surface area contributed by atoms with Gasteiger partial charge in [-0.3, -0.25) is 14.6 Å². The second-order valence-electron chi connectivity index (χ2n) is 10.8. The quantitative estimate of drug-likeness (QED) is 0.343. The number of aromatic nitrogens is 2. The first-order chi connectivity index (χ1) is 19.2. The molecule has 0 unspecified atom stereocenters. The summed E-state index contributed by atoms with van der Waals surface area (Å²) in [5.41, 5.74) is 3.14. The van der Waals surface area contributed by atoms with Crippen LogP contribution < -0.4 is 10.1 Å². The lowest BCUT2D eigenvalue weighted by Crippen LogP contribution is -2.45. The number of amides is 2. The lowest BCUT2D eigenvalue weighted by molar-refractivity contribution is -0.141. The van der Waals surface area contributed by atoms with E-state index < -0.39 is 11.5 Å². The minimum Gasteiger partial charge on any atom is -0.484 e. The van der Waals surface area contributed by atoms with E-state index in [4.69, 9.17) is 9.15 Å². The molecule has 0 aliphatic carbocycles. The molecule has 0 saturated heterocycles. The van der Waals surface area contributed by atoms with Crippen LogP contribution in [0.15, 0.2) is 77.7 Å². The third-order valence-corrected chi connectivity index (χ3v) is 6.76. The number of hydrogen-bond acceptors (Lipinski definition) is 6. The molecule has 0 fully saturated rings. The van der Waals surface area contributed by atoms with Gasteiger partial charge in [-0.25, -0.2) is 9.37 Å². The molecule has 8 nitrogen and oxygen atoms in total. The van der Waals surface area contributed by atoms with Crippen molar-refractivity contribution in [1.82, 2.24) is 20.2 Å². The summed E-state index contributed by atoms with van der Waals surface area (Å²) < 4.78 is 25.7. The van der Waals surface area contributed by atoms with Crippen molar-refractivity contribution in [2.45, 2.75) is 46.4 Å². The molecule has 40 heavy (non-hydrogen) atoms. The van der Waals surface area contributed by atoms with Crippen LogP contribution in [-0.4, -0.2) is 33.2 Å². The Labute approximate surface area is 232 Å². The molecule has 1 atom stereocenters. The van der Waals surface area contributed by atoms with Crippen LogP contribution in [0, 0.1) is 11.2 Å². The Morgan fingerprint density at radius 1 is 1.12 bits per heavy atom. The van der Waals surface area contributed by atoms with Crippen LogP contribution in [0.2, 0.25) is 0 Å². The fourth-order valence-corrected chi connectivity index (χ4v) is 4.77. The summed E-state index contributed by atoms with van der Waals surface area (Å²) in [5.74, 6) is 0.0742. The fraction of sp³-hybridized carbons (Fsp3) is 0.290. The van der Waals surface area contributed by atoms with Crippen LogP contribution in [0.25, 0.3) is 0 Å². The molecule has 0 bridgehead atoms. The van der Waals surface area contributed by atoms with E-state index in [1.165, 1.54) is 18.4 Å². The Balaban J connectivity index is 1.33. The molecule has 3 heterocycles. The van der Waals surface area contributed by atoms with E-state index in [1.807, 2.05) is 62.1 Å². The Bertz CT molecular complexity index is 1510. The molecule has 0 spiro atoms. The largest absolute Gasteiger partial charge is 0.484 e. The summed E-state index contributed by atoms with van der Waals surface area (Å²) in [6.45, 7) is 6.54. The molecule has 1 aliphatic rings. The second-order valence-corrected chi connectivity index (χ2v) is 10.8. The first kappa shape index (κ1) is 27.1. The van der Waals surface area contributed by atoms with Crippen LogP contribution in [0.5, 0.6) is 5.75 Å². The second kappa shape index (κ2) is 11.3. The highest BCUT2D eigenvalue weighted by molar-refractivity contribution is 5.91. The Morgan fingerprint density at radius 2 is 1.93 bits per heavy atom. The van der Waals surface area contributed by atoms with Gasteiger partial charge < -0.3 is 19.4 Å². The number of ether oxygens (including phenoxy) is 1. The van der Waals surface area contributed by atoms with E-state index in [1.54, 1.807) is 18.5 Å². The molecular weight excluding hydrogens is 511 g/mol. The molecule has 0 saturated carbocycles. The van der Waals surface area contributed by atoms with Gasteiger partial charge >= 0.3 is 0 Å². The Kier molecular flexibility index (Phi) is 7.64. The van der Waals surface area contributed by atoms with Crippen LogP contribution in [0.1, 0.15) is 65.4 Å². The zero-order valence-electron chi connectivity index (χ0n) is 22.7. The van der Waals surface area contributed by atoms with Gasteiger partial charge in [0.1, 0.15) is 17.8 Å². The number of rotatable bonds is 7. The number of benzene rings is 2. The normalized spacial score (nSPS) is 14.9. The van der Waals surface area contributed by atoms with Crippen LogP contribution in [0.4, 0.5) is 4.39 Å². The molecule has 2 aromatic heterocycles.